The van der Waals surface area contributed by atoms with Crippen molar-refractivity contribution in [3.63, 3.8) is 0 Å². The fourth-order valence-electron chi connectivity index (χ4n) is 2.85. The molecule has 0 radical (unpaired) electrons. The van der Waals surface area contributed by atoms with Gasteiger partial charge in [0.05, 0.1) is 5.02 Å². The smallest absolute Gasteiger partial charge is 0.280 e. The van der Waals surface area contributed by atoms with E-state index in [0.717, 1.165) is 20.4 Å². The summed E-state index contributed by atoms with van der Waals surface area (Å²) in [5, 5.41) is 2.46. The summed E-state index contributed by atoms with van der Waals surface area (Å²) in [6.07, 6.45) is 0.229. The number of benzene rings is 2. The molecule has 0 saturated carbocycles. The van der Waals surface area contributed by atoms with E-state index in [9.17, 15) is 17.6 Å². The Labute approximate surface area is 170 Å². The third-order valence-corrected chi connectivity index (χ3v) is 6.69. The van der Waals surface area contributed by atoms with Crippen LogP contribution in [0.25, 0.3) is 0 Å². The van der Waals surface area contributed by atoms with Crippen LogP contribution in [0.3, 0.4) is 0 Å². The summed E-state index contributed by atoms with van der Waals surface area (Å²) >= 11 is 9.09. The molecule has 0 spiro atoms. The van der Waals surface area contributed by atoms with Crippen molar-refractivity contribution in [2.24, 2.45) is 0 Å². The molecule has 10 heteroatoms. The van der Waals surface area contributed by atoms with Crippen LogP contribution >= 0.6 is 27.5 Å². The van der Waals surface area contributed by atoms with Crippen LogP contribution in [0.15, 0.2) is 46.9 Å². The molecular formula is C17H16BrClFN3O3S. The normalized spacial score (nSPS) is 22.4. The van der Waals surface area contributed by atoms with Gasteiger partial charge in [-0.1, -0.05) is 39.7 Å². The fraction of sp³-hybridized carbons (Fsp3) is 0.235. The van der Waals surface area contributed by atoms with Crippen LogP contribution in [0.5, 0.6) is 0 Å². The van der Waals surface area contributed by atoms with Crippen molar-refractivity contribution in [3.05, 3.63) is 63.3 Å². The highest BCUT2D eigenvalue weighted by molar-refractivity contribution is 9.10. The molecule has 6 nitrogen and oxygen atoms in total. The third kappa shape index (κ3) is 4.49. The summed E-state index contributed by atoms with van der Waals surface area (Å²) in [5.74, 6) is -1.13. The van der Waals surface area contributed by atoms with E-state index in [1.54, 1.807) is 18.2 Å². The Bertz CT molecular complexity index is 989. The van der Waals surface area contributed by atoms with E-state index < -0.39 is 34.0 Å². The lowest BCUT2D eigenvalue weighted by atomic mass is 9.99. The van der Waals surface area contributed by atoms with Crippen molar-refractivity contribution in [1.29, 1.82) is 0 Å². The first kappa shape index (κ1) is 20.2. The average Bonchev–Trinajstić information content (AvgIpc) is 2.60. The number of carbonyl (C=O) groups is 1. The number of nitrogens with zero attached hydrogens (tertiary/aromatic N) is 1. The molecular weight excluding hydrogens is 461 g/mol. The second-order valence-electron chi connectivity index (χ2n) is 6.12. The van der Waals surface area contributed by atoms with Crippen molar-refractivity contribution in [2.45, 2.75) is 18.5 Å². The number of hydrogen-bond donors (Lipinski definition) is 2. The van der Waals surface area contributed by atoms with Crippen molar-refractivity contribution >= 4 is 49.3 Å². The van der Waals surface area contributed by atoms with Crippen LogP contribution in [0.1, 0.15) is 18.0 Å². The SMILES string of the molecule is CN1C(C(=O)Nc2ccc(F)c(Cl)c2)CC(c2cccc(Br)c2)NS1(=O)=O. The Morgan fingerprint density at radius 3 is 2.74 bits per heavy atom. The molecule has 0 bridgehead atoms. The second kappa shape index (κ2) is 7.84. The zero-order valence-electron chi connectivity index (χ0n) is 14.1. The van der Waals surface area contributed by atoms with Gasteiger partial charge in [-0.15, -0.1) is 0 Å². The Balaban J connectivity index is 1.85. The maximum atomic E-state index is 13.3. The molecule has 27 heavy (non-hydrogen) atoms. The van der Waals surface area contributed by atoms with Gasteiger partial charge in [-0.05, 0) is 42.3 Å². The molecule has 1 heterocycles. The van der Waals surface area contributed by atoms with Gasteiger partial charge in [0.1, 0.15) is 11.9 Å². The first-order valence-electron chi connectivity index (χ1n) is 7.94. The summed E-state index contributed by atoms with van der Waals surface area (Å²) < 4.78 is 42.6. The predicted octanol–water partition coefficient (Wildman–Crippen LogP) is 3.46. The van der Waals surface area contributed by atoms with Gasteiger partial charge in [-0.3, -0.25) is 4.79 Å². The largest absolute Gasteiger partial charge is 0.325 e. The molecule has 1 fully saturated rings. The minimum atomic E-state index is -3.85. The van der Waals surface area contributed by atoms with Crippen molar-refractivity contribution in [3.8, 4) is 0 Å². The standard InChI is InChI=1S/C17H16BrClFN3O3S/c1-23-16(17(24)21-12-5-6-14(20)13(19)8-12)9-15(22-27(23,25)26)10-3-2-4-11(18)7-10/h2-8,15-16,22H,9H2,1H3,(H,21,24). The molecule has 2 atom stereocenters. The highest BCUT2D eigenvalue weighted by Gasteiger charge is 2.40. The van der Waals surface area contributed by atoms with Gasteiger partial charge in [0.25, 0.3) is 10.2 Å². The number of likely N-dealkylation sites (N-methyl/N-ethyl adjacent to an activating group) is 1. The second-order valence-corrected chi connectivity index (χ2v) is 9.20. The minimum absolute atomic E-state index is 0.133. The highest BCUT2D eigenvalue weighted by Crippen LogP contribution is 2.30. The van der Waals surface area contributed by atoms with Gasteiger partial charge in [0.15, 0.2) is 0 Å². The Morgan fingerprint density at radius 2 is 2.07 bits per heavy atom. The van der Waals surface area contributed by atoms with Gasteiger partial charge >= 0.3 is 0 Å². The molecule has 1 saturated heterocycles. The number of halogens is 3. The Hall–Kier alpha value is -1.52. The molecule has 2 aromatic carbocycles. The zero-order valence-corrected chi connectivity index (χ0v) is 17.3. The molecule has 2 aromatic rings. The van der Waals surface area contributed by atoms with Gasteiger partial charge in [0, 0.05) is 23.2 Å². The Kier molecular flexibility index (Phi) is 5.87. The quantitative estimate of drug-likeness (QED) is 0.712. The number of hydrogen-bond acceptors (Lipinski definition) is 3. The van der Waals surface area contributed by atoms with E-state index in [-0.39, 0.29) is 17.1 Å². The summed E-state index contributed by atoms with van der Waals surface area (Å²) in [5.41, 5.74) is 1.03. The van der Waals surface area contributed by atoms with Crippen LogP contribution in [0.2, 0.25) is 5.02 Å². The van der Waals surface area contributed by atoms with E-state index in [0.29, 0.717) is 0 Å². The highest BCUT2D eigenvalue weighted by atomic mass is 79.9. The topological polar surface area (TPSA) is 78.5 Å². The first-order chi connectivity index (χ1) is 12.7. The molecule has 3 rings (SSSR count). The summed E-state index contributed by atoms with van der Waals surface area (Å²) in [4.78, 5) is 12.7. The summed E-state index contributed by atoms with van der Waals surface area (Å²) in [6.45, 7) is 0. The lowest BCUT2D eigenvalue weighted by Gasteiger charge is -2.36. The minimum Gasteiger partial charge on any atom is -0.325 e. The van der Waals surface area contributed by atoms with Gasteiger partial charge in [-0.2, -0.15) is 17.4 Å². The lowest BCUT2D eigenvalue weighted by molar-refractivity contribution is -0.120. The van der Waals surface area contributed by atoms with E-state index in [1.807, 2.05) is 6.07 Å². The third-order valence-electron chi connectivity index (χ3n) is 4.31. The van der Waals surface area contributed by atoms with Gasteiger partial charge in [-0.25, -0.2) is 4.39 Å². The molecule has 144 valence electrons. The van der Waals surface area contributed by atoms with Crippen LogP contribution in [0.4, 0.5) is 10.1 Å². The molecule has 0 aromatic heterocycles. The van der Waals surface area contributed by atoms with Crippen molar-refractivity contribution in [1.82, 2.24) is 9.03 Å². The van der Waals surface area contributed by atoms with E-state index >= 15 is 0 Å². The molecule has 1 aliphatic rings. The maximum Gasteiger partial charge on any atom is 0.280 e. The first-order valence-corrected chi connectivity index (χ1v) is 10.5. The Morgan fingerprint density at radius 1 is 1.33 bits per heavy atom. The summed E-state index contributed by atoms with van der Waals surface area (Å²) in [7, 11) is -2.52. The number of nitrogens with one attached hydrogen (secondary N) is 2. The number of amides is 1. The lowest BCUT2D eigenvalue weighted by Crippen LogP contribution is -2.55. The predicted molar refractivity (Wildman–Crippen MR) is 105 cm³/mol. The van der Waals surface area contributed by atoms with Crippen molar-refractivity contribution in [2.75, 3.05) is 12.4 Å². The van der Waals surface area contributed by atoms with Crippen LogP contribution in [0, 0.1) is 5.82 Å². The van der Waals surface area contributed by atoms with Crippen molar-refractivity contribution < 1.29 is 17.6 Å². The molecule has 1 aliphatic heterocycles. The van der Waals surface area contributed by atoms with Gasteiger partial charge in [0.2, 0.25) is 5.91 Å². The number of rotatable bonds is 3. The molecule has 2 unspecified atom stereocenters. The van der Waals surface area contributed by atoms with Crippen LogP contribution < -0.4 is 10.0 Å². The zero-order chi connectivity index (χ0) is 19.8. The molecule has 2 N–H and O–H groups in total. The van der Waals surface area contributed by atoms with Crippen LogP contribution in [-0.2, 0) is 15.0 Å². The fourth-order valence-corrected chi connectivity index (χ4v) is 4.72. The molecule has 0 aliphatic carbocycles. The van der Waals surface area contributed by atoms with Crippen LogP contribution in [-0.4, -0.2) is 31.7 Å². The van der Waals surface area contributed by atoms with Gasteiger partial charge < -0.3 is 5.32 Å². The summed E-state index contributed by atoms with van der Waals surface area (Å²) in [6, 6.07) is 9.48. The molecule has 1 amide bonds. The number of anilines is 1. The monoisotopic (exact) mass is 475 g/mol. The maximum absolute atomic E-state index is 13.3. The average molecular weight is 477 g/mol. The van der Waals surface area contributed by atoms with E-state index in [1.165, 1.54) is 19.2 Å². The van der Waals surface area contributed by atoms with E-state index in [4.69, 9.17) is 11.6 Å². The number of carbonyl (C=O) groups excluding carboxylic acids is 1. The van der Waals surface area contributed by atoms with E-state index in [2.05, 4.69) is 26.0 Å².